The van der Waals surface area contributed by atoms with Crippen LogP contribution >= 0.6 is 0 Å². The van der Waals surface area contributed by atoms with E-state index in [0.29, 0.717) is 27.8 Å². The van der Waals surface area contributed by atoms with Crippen molar-refractivity contribution in [2.75, 3.05) is 5.73 Å². The molecule has 9 heteroatoms. The van der Waals surface area contributed by atoms with Gasteiger partial charge in [0.2, 0.25) is 0 Å². The van der Waals surface area contributed by atoms with Gasteiger partial charge in [-0.25, -0.2) is 0 Å². The third-order valence-corrected chi connectivity index (χ3v) is 4.86. The van der Waals surface area contributed by atoms with Crippen LogP contribution in [0.2, 0.25) is 0 Å². The van der Waals surface area contributed by atoms with Gasteiger partial charge in [-0.2, -0.15) is 8.42 Å². The average Bonchev–Trinajstić information content (AvgIpc) is 2.58. The first-order valence-corrected chi connectivity index (χ1v) is 8.87. The van der Waals surface area contributed by atoms with Crippen LogP contribution in [0.25, 0.3) is 21.9 Å². The first-order valence-electron chi connectivity index (χ1n) is 7.43. The summed E-state index contributed by atoms with van der Waals surface area (Å²) in [5, 5.41) is 10.3. The minimum absolute atomic E-state index is 0.259. The summed E-state index contributed by atoms with van der Waals surface area (Å²) in [5.41, 5.74) is 8.10. The predicted molar refractivity (Wildman–Crippen MR) is 95.4 cm³/mol. The van der Waals surface area contributed by atoms with Gasteiger partial charge in [-0.3, -0.25) is 4.55 Å². The van der Waals surface area contributed by atoms with E-state index >= 15 is 0 Å². The lowest BCUT2D eigenvalue weighted by Crippen LogP contribution is -2.03. The van der Waals surface area contributed by atoms with Gasteiger partial charge in [-0.1, -0.05) is 42.5 Å². The molecular weight excluding hydrogens is 360 g/mol. The standard InChI is InChI=1S/C17H14N2O6S/c18-15-7-3-6-14-16(26(22,23)24)9-8-13(17(14)15)12-5-2-1-4-11(12)10-25-19(20)21/h1-9H,10,18H2,(H,22,23,24). The van der Waals surface area contributed by atoms with Crippen LogP contribution in [0.3, 0.4) is 0 Å². The van der Waals surface area contributed by atoms with Crippen molar-refractivity contribution in [2.45, 2.75) is 11.5 Å². The number of rotatable bonds is 5. The van der Waals surface area contributed by atoms with E-state index in [1.54, 1.807) is 36.4 Å². The molecule has 0 atom stereocenters. The Balaban J connectivity index is 2.30. The highest BCUT2D eigenvalue weighted by Crippen LogP contribution is 2.37. The van der Waals surface area contributed by atoms with Crippen LogP contribution in [-0.4, -0.2) is 18.1 Å². The fraction of sp³-hybridized carbons (Fsp3) is 0.0588. The molecule has 0 aliphatic carbocycles. The largest absolute Gasteiger partial charge is 0.398 e. The molecule has 3 N–H and O–H groups in total. The summed E-state index contributed by atoms with van der Waals surface area (Å²) in [6, 6.07) is 14.4. The summed E-state index contributed by atoms with van der Waals surface area (Å²) >= 11 is 0. The van der Waals surface area contributed by atoms with Crippen molar-refractivity contribution < 1.29 is 22.9 Å². The lowest BCUT2D eigenvalue weighted by Gasteiger charge is -2.15. The lowest BCUT2D eigenvalue weighted by atomic mass is 9.94. The smallest absolute Gasteiger partial charge is 0.295 e. The van der Waals surface area contributed by atoms with Gasteiger partial charge in [0.15, 0.2) is 0 Å². The van der Waals surface area contributed by atoms with Crippen molar-refractivity contribution in [3.8, 4) is 11.1 Å². The summed E-state index contributed by atoms with van der Waals surface area (Å²) in [5.74, 6) is 0. The van der Waals surface area contributed by atoms with E-state index in [2.05, 4.69) is 4.84 Å². The van der Waals surface area contributed by atoms with Crippen molar-refractivity contribution >= 4 is 26.6 Å². The van der Waals surface area contributed by atoms with E-state index < -0.39 is 15.2 Å². The second-order valence-corrected chi connectivity index (χ2v) is 6.90. The summed E-state index contributed by atoms with van der Waals surface area (Å²) in [6.07, 6.45) is 0. The fourth-order valence-electron chi connectivity index (χ4n) is 2.89. The number of hydrogen-bond donors (Lipinski definition) is 2. The summed E-state index contributed by atoms with van der Waals surface area (Å²) in [7, 11) is -4.45. The maximum Gasteiger partial charge on any atom is 0.295 e. The molecule has 0 heterocycles. The third kappa shape index (κ3) is 3.30. The molecule has 0 spiro atoms. The molecule has 0 unspecified atom stereocenters. The summed E-state index contributed by atoms with van der Waals surface area (Å²) in [6.45, 7) is -0.266. The van der Waals surface area contributed by atoms with Crippen LogP contribution in [-0.2, 0) is 21.6 Å². The second-order valence-electron chi connectivity index (χ2n) is 5.51. The van der Waals surface area contributed by atoms with Gasteiger partial charge in [-0.15, -0.1) is 10.1 Å². The van der Waals surface area contributed by atoms with Gasteiger partial charge in [0.25, 0.3) is 15.2 Å². The number of nitrogens with zero attached hydrogens (tertiary/aromatic N) is 1. The van der Waals surface area contributed by atoms with E-state index in [4.69, 9.17) is 5.73 Å². The monoisotopic (exact) mass is 374 g/mol. The van der Waals surface area contributed by atoms with Crippen LogP contribution in [0.15, 0.2) is 59.5 Å². The number of nitrogens with two attached hydrogens (primary N) is 1. The van der Waals surface area contributed by atoms with E-state index in [1.807, 2.05) is 0 Å². The predicted octanol–water partition coefficient (Wildman–Crippen LogP) is 3.04. The zero-order valence-electron chi connectivity index (χ0n) is 13.3. The zero-order chi connectivity index (χ0) is 18.9. The highest BCUT2D eigenvalue weighted by atomic mass is 32.2. The minimum atomic E-state index is -4.45. The number of benzene rings is 3. The Kier molecular flexibility index (Phi) is 4.49. The van der Waals surface area contributed by atoms with Crippen LogP contribution in [0.5, 0.6) is 0 Å². The molecule has 0 aliphatic rings. The number of fused-ring (bicyclic) bond motifs is 1. The number of nitrogen functional groups attached to an aromatic ring is 1. The molecule has 0 saturated heterocycles. The van der Waals surface area contributed by atoms with Crippen molar-refractivity contribution in [3.63, 3.8) is 0 Å². The quantitative estimate of drug-likeness (QED) is 0.303. The summed E-state index contributed by atoms with van der Waals surface area (Å²) < 4.78 is 32.8. The molecule has 134 valence electrons. The van der Waals surface area contributed by atoms with Crippen LogP contribution in [0.4, 0.5) is 5.69 Å². The van der Waals surface area contributed by atoms with E-state index in [0.717, 1.165) is 0 Å². The van der Waals surface area contributed by atoms with Crippen LogP contribution in [0, 0.1) is 10.1 Å². The fourth-order valence-corrected chi connectivity index (χ4v) is 3.58. The molecule has 0 amide bonds. The molecule has 3 rings (SSSR count). The Morgan fingerprint density at radius 1 is 1.04 bits per heavy atom. The van der Waals surface area contributed by atoms with Gasteiger partial charge in [0, 0.05) is 16.5 Å². The molecule has 8 nitrogen and oxygen atoms in total. The normalized spacial score (nSPS) is 11.4. The molecule has 3 aromatic rings. The van der Waals surface area contributed by atoms with Crippen molar-refractivity contribution in [2.24, 2.45) is 0 Å². The Bertz CT molecular complexity index is 1110. The van der Waals surface area contributed by atoms with Crippen LogP contribution in [0.1, 0.15) is 5.56 Å². The average molecular weight is 374 g/mol. The first-order chi connectivity index (χ1) is 12.3. The molecule has 0 fully saturated rings. The minimum Gasteiger partial charge on any atom is -0.398 e. The van der Waals surface area contributed by atoms with Crippen LogP contribution < -0.4 is 5.73 Å². The molecule has 0 aliphatic heterocycles. The molecule has 3 aromatic carbocycles. The first kappa shape index (κ1) is 17.6. The highest BCUT2D eigenvalue weighted by Gasteiger charge is 2.19. The molecule has 0 bridgehead atoms. The highest BCUT2D eigenvalue weighted by molar-refractivity contribution is 7.86. The Morgan fingerprint density at radius 3 is 2.46 bits per heavy atom. The number of anilines is 1. The third-order valence-electron chi connectivity index (χ3n) is 3.94. The molecular formula is C17H14N2O6S. The molecule has 0 aromatic heterocycles. The molecule has 0 saturated carbocycles. The maximum atomic E-state index is 11.7. The molecule has 0 radical (unpaired) electrons. The van der Waals surface area contributed by atoms with Gasteiger partial charge >= 0.3 is 0 Å². The van der Waals surface area contributed by atoms with Crippen molar-refractivity contribution in [1.82, 2.24) is 0 Å². The maximum absolute atomic E-state index is 11.7. The zero-order valence-corrected chi connectivity index (χ0v) is 14.1. The van der Waals surface area contributed by atoms with E-state index in [9.17, 15) is 23.1 Å². The molecule has 26 heavy (non-hydrogen) atoms. The van der Waals surface area contributed by atoms with E-state index in [-0.39, 0.29) is 16.9 Å². The van der Waals surface area contributed by atoms with Gasteiger partial charge < -0.3 is 10.6 Å². The van der Waals surface area contributed by atoms with Crippen molar-refractivity contribution in [1.29, 1.82) is 0 Å². The Morgan fingerprint density at radius 2 is 1.77 bits per heavy atom. The Hall–Kier alpha value is -3.17. The van der Waals surface area contributed by atoms with Crippen molar-refractivity contribution in [3.05, 3.63) is 70.3 Å². The lowest BCUT2D eigenvalue weighted by molar-refractivity contribution is -0.763. The second kappa shape index (κ2) is 6.62. The Labute approximate surface area is 148 Å². The van der Waals surface area contributed by atoms with Gasteiger partial charge in [-0.05, 0) is 28.8 Å². The van der Waals surface area contributed by atoms with Gasteiger partial charge in [0.05, 0.1) is 0 Å². The van der Waals surface area contributed by atoms with E-state index in [1.165, 1.54) is 18.2 Å². The van der Waals surface area contributed by atoms with Gasteiger partial charge in [0.1, 0.15) is 11.5 Å². The SMILES string of the molecule is Nc1cccc2c(S(=O)(=O)O)ccc(-c3ccccc3CO[N+](=O)[O-])c12. The summed E-state index contributed by atoms with van der Waals surface area (Å²) in [4.78, 5) is 14.7. The number of hydrogen-bond acceptors (Lipinski definition) is 6. The topological polar surface area (TPSA) is 133 Å².